The zero-order valence-corrected chi connectivity index (χ0v) is 31.4. The van der Waals surface area contributed by atoms with Gasteiger partial charge in [-0.15, -0.1) is 0 Å². The number of carbonyl (C=O) groups excluding carboxylic acids is 2. The Morgan fingerprint density at radius 3 is 2.00 bits per heavy atom. The van der Waals surface area contributed by atoms with Crippen molar-refractivity contribution in [2.75, 3.05) is 17.2 Å². The fourth-order valence-corrected chi connectivity index (χ4v) is 13.4. The van der Waals surface area contributed by atoms with Crippen molar-refractivity contribution < 1.29 is 19.1 Å². The zero-order chi connectivity index (χ0) is 35.5. The Bertz CT molecular complexity index is 1590. The Morgan fingerprint density at radius 2 is 1.36 bits per heavy atom. The van der Waals surface area contributed by atoms with Gasteiger partial charge in [-0.3, -0.25) is 10.6 Å². The summed E-state index contributed by atoms with van der Waals surface area (Å²) in [5.74, 6) is 2.65. The van der Waals surface area contributed by atoms with Crippen LogP contribution in [0.25, 0.3) is 0 Å². The molecular weight excluding hydrogens is 620 g/mol. The summed E-state index contributed by atoms with van der Waals surface area (Å²) < 4.78 is 12.4. The second-order valence-electron chi connectivity index (χ2n) is 18.4. The lowest BCUT2D eigenvalue weighted by molar-refractivity contribution is -0.248. The average Bonchev–Trinajstić information content (AvgIpc) is 3.47. The lowest BCUT2D eigenvalue weighted by Crippen LogP contribution is -2.67. The maximum absolute atomic E-state index is 13.1. The highest BCUT2D eigenvalue weighted by molar-refractivity contribution is 5.85. The molecule has 7 rings (SSSR count). The minimum atomic E-state index is -0.349. The van der Waals surface area contributed by atoms with E-state index in [1.807, 2.05) is 60.7 Å². The molecule has 2 N–H and O–H groups in total. The van der Waals surface area contributed by atoms with Gasteiger partial charge in [0.05, 0.1) is 6.61 Å². The van der Waals surface area contributed by atoms with Gasteiger partial charge in [-0.05, 0) is 141 Å². The van der Waals surface area contributed by atoms with E-state index in [1.54, 1.807) is 0 Å². The predicted octanol–water partition coefficient (Wildman–Crippen LogP) is 11.5. The molecule has 0 spiro atoms. The largest absolute Gasteiger partial charge is 0.449 e. The van der Waals surface area contributed by atoms with Gasteiger partial charge in [0.1, 0.15) is 6.10 Å². The minimum absolute atomic E-state index is 0.00380. The molecule has 6 heteroatoms. The summed E-state index contributed by atoms with van der Waals surface area (Å²) in [4.78, 5) is 26.1. The number of hydrogen-bond donors (Lipinski definition) is 2. The number of carbonyl (C=O) groups is 2. The Kier molecular flexibility index (Phi) is 8.95. The van der Waals surface area contributed by atoms with Gasteiger partial charge in [-0.1, -0.05) is 83.2 Å². The number of rotatable bonds is 6. The molecule has 5 aliphatic rings. The van der Waals surface area contributed by atoms with Crippen molar-refractivity contribution in [2.45, 2.75) is 112 Å². The van der Waals surface area contributed by atoms with Crippen molar-refractivity contribution >= 4 is 23.6 Å². The molecule has 5 saturated carbocycles. The molecule has 0 aliphatic heterocycles. The first-order chi connectivity index (χ1) is 23.7. The van der Waals surface area contributed by atoms with E-state index >= 15 is 0 Å². The number of fused-ring (bicyclic) bond motifs is 7. The lowest BCUT2D eigenvalue weighted by atomic mass is 9.32. The number of amides is 2. The topological polar surface area (TPSA) is 76.7 Å². The van der Waals surface area contributed by atoms with Crippen LogP contribution in [0, 0.1) is 56.7 Å². The summed E-state index contributed by atoms with van der Waals surface area (Å²) >= 11 is 0. The number of para-hydroxylation sites is 2. The number of anilines is 2. The third-order valence-electron chi connectivity index (χ3n) is 16.0. The molecule has 2 aromatic rings. The Hall–Kier alpha value is -3.28. The molecule has 270 valence electrons. The van der Waals surface area contributed by atoms with E-state index in [0.717, 1.165) is 43.5 Å². The van der Waals surface area contributed by atoms with E-state index < -0.39 is 0 Å². The summed E-state index contributed by atoms with van der Waals surface area (Å²) in [6.07, 6.45) is 10.6. The van der Waals surface area contributed by atoms with Crippen molar-refractivity contribution in [3.05, 3.63) is 72.8 Å². The number of nitrogens with one attached hydrogen (secondary N) is 2. The van der Waals surface area contributed by atoms with Crippen LogP contribution in [0.2, 0.25) is 0 Å². The lowest BCUT2D eigenvalue weighted by Gasteiger charge is -2.73. The van der Waals surface area contributed by atoms with Crippen LogP contribution in [0.1, 0.15) is 106 Å². The van der Waals surface area contributed by atoms with Crippen molar-refractivity contribution in [1.29, 1.82) is 0 Å². The van der Waals surface area contributed by atoms with Crippen LogP contribution >= 0.6 is 0 Å². The summed E-state index contributed by atoms with van der Waals surface area (Å²) in [7, 11) is 0. The third kappa shape index (κ3) is 5.58. The Morgan fingerprint density at radius 1 is 0.720 bits per heavy atom. The summed E-state index contributed by atoms with van der Waals surface area (Å²) in [6.45, 7) is 19.9. The van der Waals surface area contributed by atoms with Crippen LogP contribution in [0.3, 0.4) is 0 Å². The smallest absolute Gasteiger partial charge is 0.411 e. The molecule has 0 bridgehead atoms. The number of benzene rings is 2. The highest BCUT2D eigenvalue weighted by Gasteiger charge is 2.71. The maximum Gasteiger partial charge on any atom is 0.411 e. The molecule has 6 nitrogen and oxygen atoms in total. The van der Waals surface area contributed by atoms with E-state index in [0.29, 0.717) is 36.2 Å². The van der Waals surface area contributed by atoms with Crippen molar-refractivity contribution in [2.24, 2.45) is 56.7 Å². The van der Waals surface area contributed by atoms with Gasteiger partial charge in [0, 0.05) is 22.2 Å². The van der Waals surface area contributed by atoms with Crippen LogP contribution in [0.4, 0.5) is 21.0 Å². The van der Waals surface area contributed by atoms with Gasteiger partial charge in [0.2, 0.25) is 0 Å². The van der Waals surface area contributed by atoms with Gasteiger partial charge < -0.3 is 9.47 Å². The SMILES string of the molecule is C=C(C)[C@@H]1CC[C@]2(COC(=O)Nc3ccccc3)CC[C@]3(C)[C@H](CC[C@@H]4[C@@]5(C)CC[C@H](OC(=O)Nc6ccccc6)C(C)(C)[C@@H]5CC[C@]43C)[C@@H]12. The molecule has 2 aromatic carbocycles. The predicted molar refractivity (Wildman–Crippen MR) is 201 cm³/mol. The summed E-state index contributed by atoms with van der Waals surface area (Å²) in [5, 5.41) is 5.91. The van der Waals surface area contributed by atoms with Crippen LogP contribution in [-0.4, -0.2) is 24.9 Å². The van der Waals surface area contributed by atoms with Gasteiger partial charge in [-0.25, -0.2) is 9.59 Å². The first-order valence-corrected chi connectivity index (χ1v) is 19.4. The molecule has 0 saturated heterocycles. The molecule has 0 aromatic heterocycles. The minimum Gasteiger partial charge on any atom is -0.449 e. The first-order valence-electron chi connectivity index (χ1n) is 19.4. The van der Waals surface area contributed by atoms with Crippen molar-refractivity contribution in [3.63, 3.8) is 0 Å². The number of hydrogen-bond acceptors (Lipinski definition) is 4. The standard InChI is InChI=1S/C44H60N2O4/c1-29(2)32-20-25-44(28-49-38(47)45-30-14-10-8-11-15-30)27-26-42(6)33(37(32)44)18-19-35-41(5)23-22-36(40(3,4)34(41)21-24-43(35,42)7)50-39(48)46-31-16-12-9-13-17-31/h8-17,32-37H,1,18-28H2,2-7H3,(H,45,47)(H,46,48)/t32-,33+,34-,35+,36-,37+,41-,42+,43+,44+/m0/s1. The molecule has 2 amide bonds. The molecular formula is C44H60N2O4. The number of allylic oxidation sites excluding steroid dienone is 1. The van der Waals surface area contributed by atoms with Crippen LogP contribution in [0.15, 0.2) is 72.8 Å². The van der Waals surface area contributed by atoms with E-state index in [-0.39, 0.29) is 45.4 Å². The molecule has 10 atom stereocenters. The van der Waals surface area contributed by atoms with Gasteiger partial charge >= 0.3 is 12.2 Å². The Labute approximate surface area is 300 Å². The monoisotopic (exact) mass is 680 g/mol. The summed E-state index contributed by atoms with van der Waals surface area (Å²) in [6, 6.07) is 19.2. The van der Waals surface area contributed by atoms with Crippen LogP contribution in [0.5, 0.6) is 0 Å². The second kappa shape index (κ2) is 12.7. The molecule has 50 heavy (non-hydrogen) atoms. The summed E-state index contributed by atoms with van der Waals surface area (Å²) in [5.41, 5.74) is 3.34. The quantitative estimate of drug-likeness (QED) is 0.298. The molecule has 0 unspecified atom stereocenters. The molecule has 0 heterocycles. The average molecular weight is 681 g/mol. The fraction of sp³-hybridized carbons (Fsp3) is 0.636. The normalized spacial score (nSPS) is 39.8. The van der Waals surface area contributed by atoms with E-state index in [1.165, 1.54) is 37.7 Å². The maximum atomic E-state index is 13.1. The highest BCUT2D eigenvalue weighted by atomic mass is 16.6. The first kappa shape index (κ1) is 35.1. The molecule has 5 fully saturated rings. The van der Waals surface area contributed by atoms with E-state index in [4.69, 9.17) is 9.47 Å². The van der Waals surface area contributed by atoms with Crippen LogP contribution in [-0.2, 0) is 9.47 Å². The third-order valence-corrected chi connectivity index (χ3v) is 16.0. The molecule has 0 radical (unpaired) electrons. The fourth-order valence-electron chi connectivity index (χ4n) is 13.4. The van der Waals surface area contributed by atoms with Crippen molar-refractivity contribution in [3.8, 4) is 0 Å². The van der Waals surface area contributed by atoms with Gasteiger partial charge in [0.15, 0.2) is 0 Å². The zero-order valence-electron chi connectivity index (χ0n) is 31.4. The second-order valence-corrected chi connectivity index (χ2v) is 18.4. The number of ether oxygens (including phenoxy) is 2. The van der Waals surface area contributed by atoms with Gasteiger partial charge in [-0.2, -0.15) is 0 Å². The van der Waals surface area contributed by atoms with E-state index in [2.05, 4.69) is 58.8 Å². The van der Waals surface area contributed by atoms with E-state index in [9.17, 15) is 9.59 Å². The Balaban J connectivity index is 1.10. The van der Waals surface area contributed by atoms with Crippen molar-refractivity contribution in [1.82, 2.24) is 0 Å². The molecule has 5 aliphatic carbocycles. The van der Waals surface area contributed by atoms with Crippen LogP contribution < -0.4 is 10.6 Å². The highest BCUT2D eigenvalue weighted by Crippen LogP contribution is 2.77. The van der Waals surface area contributed by atoms with Gasteiger partial charge in [0.25, 0.3) is 0 Å².